The summed E-state index contributed by atoms with van der Waals surface area (Å²) in [6.07, 6.45) is 0. The van der Waals surface area contributed by atoms with Crippen molar-refractivity contribution in [2.75, 3.05) is 0 Å². The maximum absolute atomic E-state index is 13.5. The smallest absolute Gasteiger partial charge is 0.130 e. The molecular formula is C16H15BrClFO. The van der Waals surface area contributed by atoms with E-state index in [2.05, 4.69) is 29.8 Å². The van der Waals surface area contributed by atoms with Crippen LogP contribution in [0.25, 0.3) is 0 Å². The fourth-order valence-electron chi connectivity index (χ4n) is 1.95. The fraction of sp³-hybridized carbons (Fsp3) is 0.250. The molecule has 0 fully saturated rings. The summed E-state index contributed by atoms with van der Waals surface area (Å²) in [4.78, 5) is 0. The van der Waals surface area contributed by atoms with Crippen LogP contribution in [-0.4, -0.2) is 0 Å². The lowest BCUT2D eigenvalue weighted by Crippen LogP contribution is -1.95. The number of benzene rings is 2. The molecule has 0 aliphatic carbocycles. The van der Waals surface area contributed by atoms with E-state index in [-0.39, 0.29) is 11.7 Å². The molecule has 0 heterocycles. The summed E-state index contributed by atoms with van der Waals surface area (Å²) in [6.45, 7) is 4.18. The first-order chi connectivity index (χ1) is 9.49. The number of rotatable bonds is 4. The van der Waals surface area contributed by atoms with Crippen LogP contribution in [0.4, 0.5) is 4.39 Å². The molecule has 0 spiro atoms. The van der Waals surface area contributed by atoms with Crippen molar-refractivity contribution in [2.45, 2.75) is 25.6 Å². The van der Waals surface area contributed by atoms with Crippen molar-refractivity contribution >= 4 is 27.5 Å². The van der Waals surface area contributed by atoms with Gasteiger partial charge in [-0.3, -0.25) is 0 Å². The Kier molecular flexibility index (Phi) is 5.06. The Morgan fingerprint density at radius 1 is 1.20 bits per heavy atom. The van der Waals surface area contributed by atoms with Gasteiger partial charge in [0, 0.05) is 16.4 Å². The summed E-state index contributed by atoms with van der Waals surface area (Å²) >= 11 is 9.20. The minimum atomic E-state index is -0.346. The van der Waals surface area contributed by atoms with Crippen LogP contribution in [0.2, 0.25) is 0 Å². The summed E-state index contributed by atoms with van der Waals surface area (Å²) in [5.74, 6) is 1.41. The molecule has 0 atom stereocenters. The molecule has 106 valence electrons. The Morgan fingerprint density at radius 2 is 1.95 bits per heavy atom. The van der Waals surface area contributed by atoms with Crippen molar-refractivity contribution < 1.29 is 9.13 Å². The van der Waals surface area contributed by atoms with E-state index in [0.717, 1.165) is 15.8 Å². The van der Waals surface area contributed by atoms with Gasteiger partial charge in [-0.15, -0.1) is 11.6 Å². The van der Waals surface area contributed by atoms with E-state index in [0.29, 0.717) is 17.2 Å². The van der Waals surface area contributed by atoms with Crippen LogP contribution in [0.3, 0.4) is 0 Å². The average molecular weight is 358 g/mol. The summed E-state index contributed by atoms with van der Waals surface area (Å²) in [7, 11) is 0. The molecule has 0 amide bonds. The molecule has 0 unspecified atom stereocenters. The minimum Gasteiger partial charge on any atom is -0.457 e. The van der Waals surface area contributed by atoms with E-state index in [9.17, 15) is 4.39 Å². The maximum atomic E-state index is 13.5. The molecule has 0 saturated carbocycles. The Labute approximate surface area is 131 Å². The van der Waals surface area contributed by atoms with Gasteiger partial charge in [0.25, 0.3) is 0 Å². The molecule has 2 aromatic carbocycles. The van der Waals surface area contributed by atoms with Gasteiger partial charge >= 0.3 is 0 Å². The first-order valence-corrected chi connectivity index (χ1v) is 7.65. The van der Waals surface area contributed by atoms with Gasteiger partial charge < -0.3 is 4.74 Å². The molecule has 0 bridgehead atoms. The second-order valence-electron chi connectivity index (χ2n) is 4.87. The molecule has 4 heteroatoms. The highest BCUT2D eigenvalue weighted by atomic mass is 79.9. The van der Waals surface area contributed by atoms with E-state index in [1.807, 2.05) is 18.2 Å². The van der Waals surface area contributed by atoms with Crippen LogP contribution in [0.1, 0.15) is 30.9 Å². The number of halogens is 3. The summed E-state index contributed by atoms with van der Waals surface area (Å²) in [5, 5.41) is 0. The van der Waals surface area contributed by atoms with Gasteiger partial charge in [0.2, 0.25) is 0 Å². The Balaban J connectivity index is 2.37. The third kappa shape index (κ3) is 3.74. The van der Waals surface area contributed by atoms with E-state index >= 15 is 0 Å². The number of ether oxygens (including phenoxy) is 1. The Bertz CT molecular complexity index is 613. The molecule has 20 heavy (non-hydrogen) atoms. The molecule has 2 rings (SSSR count). The molecule has 0 N–H and O–H groups in total. The van der Waals surface area contributed by atoms with E-state index in [1.165, 1.54) is 12.1 Å². The average Bonchev–Trinajstić information content (AvgIpc) is 2.40. The van der Waals surface area contributed by atoms with Crippen molar-refractivity contribution in [3.8, 4) is 11.5 Å². The highest BCUT2D eigenvalue weighted by Crippen LogP contribution is 2.33. The number of hydrogen-bond acceptors (Lipinski definition) is 1. The quantitative estimate of drug-likeness (QED) is 0.588. The van der Waals surface area contributed by atoms with Crippen molar-refractivity contribution in [1.82, 2.24) is 0 Å². The standard InChI is InChI=1S/C16H15BrClFO/c1-10(2)15-7-12(17)3-4-16(15)20-14-6-11(9-18)5-13(19)8-14/h3-8,10H,9H2,1-2H3. The van der Waals surface area contributed by atoms with Crippen LogP contribution in [0.15, 0.2) is 40.9 Å². The zero-order valence-electron chi connectivity index (χ0n) is 11.3. The molecule has 2 aromatic rings. The first kappa shape index (κ1) is 15.3. The summed E-state index contributed by atoms with van der Waals surface area (Å²) in [5.41, 5.74) is 1.76. The van der Waals surface area contributed by atoms with Gasteiger partial charge in [-0.25, -0.2) is 4.39 Å². The lowest BCUT2D eigenvalue weighted by Gasteiger charge is -2.14. The second kappa shape index (κ2) is 6.59. The monoisotopic (exact) mass is 356 g/mol. The minimum absolute atomic E-state index is 0.255. The predicted octanol–water partition coefficient (Wildman–Crippen LogP) is 6.24. The van der Waals surface area contributed by atoms with Gasteiger partial charge in [-0.05, 0) is 47.4 Å². The van der Waals surface area contributed by atoms with Gasteiger partial charge in [0.05, 0.1) is 0 Å². The van der Waals surface area contributed by atoms with Crippen molar-refractivity contribution in [2.24, 2.45) is 0 Å². The maximum Gasteiger partial charge on any atom is 0.130 e. The van der Waals surface area contributed by atoms with Crippen LogP contribution in [0, 0.1) is 5.82 Å². The van der Waals surface area contributed by atoms with Gasteiger partial charge in [-0.2, -0.15) is 0 Å². The summed E-state index contributed by atoms with van der Waals surface area (Å²) in [6, 6.07) is 10.3. The molecule has 0 radical (unpaired) electrons. The lowest BCUT2D eigenvalue weighted by atomic mass is 10.0. The Morgan fingerprint density at radius 3 is 2.60 bits per heavy atom. The number of hydrogen-bond donors (Lipinski definition) is 0. The zero-order chi connectivity index (χ0) is 14.7. The van der Waals surface area contributed by atoms with Crippen molar-refractivity contribution in [3.05, 3.63) is 57.8 Å². The molecule has 1 nitrogen and oxygen atoms in total. The fourth-order valence-corrected chi connectivity index (χ4v) is 2.48. The predicted molar refractivity (Wildman–Crippen MR) is 84.3 cm³/mol. The van der Waals surface area contributed by atoms with Crippen LogP contribution in [-0.2, 0) is 5.88 Å². The largest absolute Gasteiger partial charge is 0.457 e. The summed E-state index contributed by atoms with van der Waals surface area (Å²) < 4.78 is 20.3. The van der Waals surface area contributed by atoms with Gasteiger partial charge in [0.1, 0.15) is 17.3 Å². The lowest BCUT2D eigenvalue weighted by molar-refractivity contribution is 0.467. The van der Waals surface area contributed by atoms with Crippen molar-refractivity contribution in [1.29, 1.82) is 0 Å². The van der Waals surface area contributed by atoms with Gasteiger partial charge in [-0.1, -0.05) is 29.8 Å². The zero-order valence-corrected chi connectivity index (χ0v) is 13.6. The van der Waals surface area contributed by atoms with Crippen LogP contribution in [0.5, 0.6) is 11.5 Å². The van der Waals surface area contributed by atoms with Crippen LogP contribution >= 0.6 is 27.5 Å². The third-order valence-electron chi connectivity index (χ3n) is 2.91. The SMILES string of the molecule is CC(C)c1cc(Br)ccc1Oc1cc(F)cc(CCl)c1. The first-order valence-electron chi connectivity index (χ1n) is 6.32. The molecule has 0 aliphatic rings. The second-order valence-corrected chi connectivity index (χ2v) is 6.05. The molecular weight excluding hydrogens is 343 g/mol. The van der Waals surface area contributed by atoms with E-state index < -0.39 is 0 Å². The molecule has 0 saturated heterocycles. The topological polar surface area (TPSA) is 9.23 Å². The normalized spacial score (nSPS) is 10.9. The van der Waals surface area contributed by atoms with E-state index in [1.54, 1.807) is 6.07 Å². The molecule has 0 aliphatic heterocycles. The Hall–Kier alpha value is -1.06. The molecule has 0 aromatic heterocycles. The third-order valence-corrected chi connectivity index (χ3v) is 3.71. The van der Waals surface area contributed by atoms with Gasteiger partial charge in [0.15, 0.2) is 0 Å². The van der Waals surface area contributed by atoms with Crippen molar-refractivity contribution in [3.63, 3.8) is 0 Å². The van der Waals surface area contributed by atoms with Crippen LogP contribution < -0.4 is 4.74 Å². The number of alkyl halides is 1. The highest BCUT2D eigenvalue weighted by Gasteiger charge is 2.10. The van der Waals surface area contributed by atoms with E-state index in [4.69, 9.17) is 16.3 Å². The highest BCUT2D eigenvalue weighted by molar-refractivity contribution is 9.10.